The molecular formula is C26H36N4O. The first-order chi connectivity index (χ1) is 15.2. The van der Waals surface area contributed by atoms with E-state index in [1.165, 1.54) is 31.2 Å². The van der Waals surface area contributed by atoms with E-state index in [2.05, 4.69) is 41.4 Å². The summed E-state index contributed by atoms with van der Waals surface area (Å²) in [5, 5.41) is 5.79. The molecule has 1 unspecified atom stereocenters. The van der Waals surface area contributed by atoms with Gasteiger partial charge in [0.05, 0.1) is 6.04 Å². The van der Waals surface area contributed by atoms with Crippen LogP contribution in [0.3, 0.4) is 0 Å². The molecule has 1 aliphatic carbocycles. The molecule has 1 aromatic heterocycles. The first kappa shape index (κ1) is 20.7. The van der Waals surface area contributed by atoms with Crippen LogP contribution in [0.25, 0.3) is 10.8 Å². The third kappa shape index (κ3) is 4.17. The van der Waals surface area contributed by atoms with E-state index in [9.17, 15) is 4.79 Å². The van der Waals surface area contributed by atoms with Gasteiger partial charge in [-0.3, -0.25) is 4.90 Å². The lowest BCUT2D eigenvalue weighted by atomic mass is 9.73. The summed E-state index contributed by atoms with van der Waals surface area (Å²) in [6.07, 6.45) is 11.8. The number of aromatic nitrogens is 1. The van der Waals surface area contributed by atoms with Crippen molar-refractivity contribution < 1.29 is 4.79 Å². The van der Waals surface area contributed by atoms with Gasteiger partial charge in [-0.25, -0.2) is 9.78 Å². The summed E-state index contributed by atoms with van der Waals surface area (Å²) in [4.78, 5) is 23.0. The van der Waals surface area contributed by atoms with Crippen LogP contribution in [0.4, 0.5) is 10.6 Å². The van der Waals surface area contributed by atoms with Crippen molar-refractivity contribution in [3.63, 3.8) is 0 Å². The summed E-state index contributed by atoms with van der Waals surface area (Å²) in [6, 6.07) is 8.72. The SMILES string of the molecule is Cc1cccc2ccnc(N(C(=O)N3CCCC(C4CCC4)CC3)[C@@H]3CCCNC3)c12. The second-order valence-electron chi connectivity index (χ2n) is 9.83. The largest absolute Gasteiger partial charge is 0.325 e. The lowest BCUT2D eigenvalue weighted by Crippen LogP contribution is -2.54. The van der Waals surface area contributed by atoms with Gasteiger partial charge in [0.15, 0.2) is 0 Å². The average molecular weight is 421 g/mol. The van der Waals surface area contributed by atoms with Crippen LogP contribution in [0.1, 0.15) is 56.9 Å². The molecule has 3 heterocycles. The number of carbonyl (C=O) groups excluding carboxylic acids is 1. The zero-order valence-corrected chi connectivity index (χ0v) is 18.9. The molecule has 0 radical (unpaired) electrons. The lowest BCUT2D eigenvalue weighted by Gasteiger charge is -2.38. The summed E-state index contributed by atoms with van der Waals surface area (Å²) in [7, 11) is 0. The molecule has 1 aromatic carbocycles. The highest BCUT2D eigenvalue weighted by molar-refractivity contribution is 6.03. The summed E-state index contributed by atoms with van der Waals surface area (Å²) < 4.78 is 0. The number of nitrogens with one attached hydrogen (secondary N) is 1. The number of amides is 2. The van der Waals surface area contributed by atoms with Crippen molar-refractivity contribution in [2.75, 3.05) is 31.1 Å². The van der Waals surface area contributed by atoms with Crippen LogP contribution in [-0.4, -0.2) is 48.1 Å². The number of benzene rings is 1. The number of rotatable bonds is 3. The summed E-state index contributed by atoms with van der Waals surface area (Å²) in [6.45, 7) is 5.77. The molecule has 5 nitrogen and oxygen atoms in total. The first-order valence-corrected chi connectivity index (χ1v) is 12.4. The minimum absolute atomic E-state index is 0.157. The van der Waals surface area contributed by atoms with Crippen LogP contribution in [0.5, 0.6) is 0 Å². The fourth-order valence-electron chi connectivity index (χ4n) is 5.89. The third-order valence-corrected chi connectivity index (χ3v) is 7.91. The zero-order chi connectivity index (χ0) is 21.2. The maximum absolute atomic E-state index is 14.0. The van der Waals surface area contributed by atoms with Crippen LogP contribution in [0.15, 0.2) is 30.5 Å². The molecule has 0 bridgehead atoms. The van der Waals surface area contributed by atoms with Crippen molar-refractivity contribution in [1.29, 1.82) is 0 Å². The Morgan fingerprint density at radius 3 is 2.65 bits per heavy atom. The number of likely N-dealkylation sites (tertiary alicyclic amines) is 1. The molecule has 3 aliphatic rings. The van der Waals surface area contributed by atoms with Crippen molar-refractivity contribution in [2.24, 2.45) is 11.8 Å². The van der Waals surface area contributed by atoms with Gasteiger partial charge in [0, 0.05) is 31.2 Å². The Bertz CT molecular complexity index is 914. The van der Waals surface area contributed by atoms with E-state index < -0.39 is 0 Å². The Morgan fingerprint density at radius 1 is 1.03 bits per heavy atom. The number of hydrogen-bond donors (Lipinski definition) is 1. The number of aryl methyl sites for hydroxylation is 1. The van der Waals surface area contributed by atoms with Gasteiger partial charge in [0.25, 0.3) is 0 Å². The van der Waals surface area contributed by atoms with E-state index in [1.807, 2.05) is 11.1 Å². The number of hydrogen-bond acceptors (Lipinski definition) is 3. The van der Waals surface area contributed by atoms with E-state index in [-0.39, 0.29) is 12.1 Å². The molecule has 2 atom stereocenters. The summed E-state index contributed by atoms with van der Waals surface area (Å²) >= 11 is 0. The van der Waals surface area contributed by atoms with Crippen molar-refractivity contribution in [1.82, 2.24) is 15.2 Å². The topological polar surface area (TPSA) is 48.5 Å². The molecule has 1 N–H and O–H groups in total. The van der Waals surface area contributed by atoms with E-state index in [0.717, 1.165) is 80.3 Å². The standard InChI is InChI=1S/C26H36N4O/c1-19-6-2-9-22-12-15-28-25(24(19)22)30(23-11-4-14-27-18-23)26(31)29-16-5-10-21(13-17-29)20-7-3-8-20/h2,6,9,12,15,20-21,23,27H,3-5,7-8,10-11,13-14,16-18H2,1H3/t21?,23-/m1/s1. The van der Waals surface area contributed by atoms with Gasteiger partial charge in [-0.05, 0) is 74.4 Å². The monoisotopic (exact) mass is 420 g/mol. The zero-order valence-electron chi connectivity index (χ0n) is 18.9. The highest BCUT2D eigenvalue weighted by atomic mass is 16.2. The Morgan fingerprint density at radius 2 is 1.87 bits per heavy atom. The Kier molecular flexibility index (Phi) is 6.13. The molecule has 2 aliphatic heterocycles. The normalized spacial score (nSPS) is 25.1. The number of nitrogens with zero attached hydrogens (tertiary/aromatic N) is 3. The number of carbonyl (C=O) groups is 1. The van der Waals surface area contributed by atoms with Crippen molar-refractivity contribution in [3.8, 4) is 0 Å². The fraction of sp³-hybridized carbons (Fsp3) is 0.615. The number of urea groups is 1. The summed E-state index contributed by atoms with van der Waals surface area (Å²) in [5.41, 5.74) is 1.18. The number of fused-ring (bicyclic) bond motifs is 1. The van der Waals surface area contributed by atoms with Gasteiger partial charge in [-0.15, -0.1) is 0 Å². The molecule has 3 fully saturated rings. The number of piperidine rings is 1. The molecule has 166 valence electrons. The van der Waals surface area contributed by atoms with Crippen molar-refractivity contribution in [2.45, 2.75) is 64.3 Å². The molecule has 0 spiro atoms. The highest BCUT2D eigenvalue weighted by Gasteiger charge is 2.35. The summed E-state index contributed by atoms with van der Waals surface area (Å²) in [5.74, 6) is 2.57. The number of pyridine rings is 1. The van der Waals surface area contributed by atoms with Crippen LogP contribution in [0, 0.1) is 18.8 Å². The van der Waals surface area contributed by atoms with Gasteiger partial charge < -0.3 is 10.2 Å². The van der Waals surface area contributed by atoms with Gasteiger partial charge in [-0.1, -0.05) is 37.5 Å². The Hall–Kier alpha value is -2.14. The minimum atomic E-state index is 0.157. The molecule has 1 saturated carbocycles. The molecule has 5 rings (SSSR count). The van der Waals surface area contributed by atoms with Crippen molar-refractivity contribution in [3.05, 3.63) is 36.0 Å². The van der Waals surface area contributed by atoms with Crippen LogP contribution >= 0.6 is 0 Å². The predicted molar refractivity (Wildman–Crippen MR) is 127 cm³/mol. The average Bonchev–Trinajstić information content (AvgIpc) is 3.00. The van der Waals surface area contributed by atoms with Crippen LogP contribution in [-0.2, 0) is 0 Å². The molecule has 2 aromatic rings. The quantitative estimate of drug-likeness (QED) is 0.749. The van der Waals surface area contributed by atoms with Gasteiger partial charge in [-0.2, -0.15) is 0 Å². The van der Waals surface area contributed by atoms with Gasteiger partial charge in [0.1, 0.15) is 5.82 Å². The Balaban J connectivity index is 1.46. The molecule has 5 heteroatoms. The molecule has 31 heavy (non-hydrogen) atoms. The van der Waals surface area contributed by atoms with Gasteiger partial charge in [0.2, 0.25) is 0 Å². The van der Waals surface area contributed by atoms with E-state index in [4.69, 9.17) is 4.98 Å². The van der Waals surface area contributed by atoms with Gasteiger partial charge >= 0.3 is 6.03 Å². The fourth-order valence-corrected chi connectivity index (χ4v) is 5.89. The van der Waals surface area contributed by atoms with E-state index in [0.29, 0.717) is 0 Å². The maximum Gasteiger partial charge on any atom is 0.325 e. The van der Waals surface area contributed by atoms with Crippen LogP contribution < -0.4 is 10.2 Å². The molecular weight excluding hydrogens is 384 g/mol. The third-order valence-electron chi connectivity index (χ3n) is 7.91. The Labute approximate surface area is 186 Å². The van der Waals surface area contributed by atoms with E-state index in [1.54, 1.807) is 0 Å². The molecule has 2 amide bonds. The predicted octanol–water partition coefficient (Wildman–Crippen LogP) is 5.12. The number of anilines is 1. The minimum Gasteiger partial charge on any atom is -0.324 e. The first-order valence-electron chi connectivity index (χ1n) is 12.4. The second kappa shape index (κ2) is 9.15. The van der Waals surface area contributed by atoms with Crippen molar-refractivity contribution >= 4 is 22.6 Å². The second-order valence-corrected chi connectivity index (χ2v) is 9.83. The van der Waals surface area contributed by atoms with E-state index >= 15 is 0 Å². The lowest BCUT2D eigenvalue weighted by molar-refractivity contribution is 0.181. The highest BCUT2D eigenvalue weighted by Crippen LogP contribution is 2.39. The maximum atomic E-state index is 14.0. The smallest absolute Gasteiger partial charge is 0.324 e. The van der Waals surface area contributed by atoms with Crippen LogP contribution in [0.2, 0.25) is 0 Å². The molecule has 2 saturated heterocycles.